The smallest absolute Gasteiger partial charge is 0.237 e. The topological polar surface area (TPSA) is 67.6 Å². The highest BCUT2D eigenvalue weighted by Crippen LogP contribution is 2.10. The van der Waals surface area contributed by atoms with Crippen LogP contribution in [0.15, 0.2) is 24.3 Å². The van der Waals surface area contributed by atoms with Crippen LogP contribution in [0.3, 0.4) is 0 Å². The van der Waals surface area contributed by atoms with E-state index in [1.807, 2.05) is 19.1 Å². The quantitative estimate of drug-likeness (QED) is 0.796. The van der Waals surface area contributed by atoms with Crippen molar-refractivity contribution < 1.29 is 9.53 Å². The van der Waals surface area contributed by atoms with Gasteiger partial charge in [0, 0.05) is 26.2 Å². The van der Waals surface area contributed by atoms with Gasteiger partial charge in [-0.2, -0.15) is 0 Å². The van der Waals surface area contributed by atoms with E-state index < -0.39 is 6.04 Å². The van der Waals surface area contributed by atoms with E-state index in [0.29, 0.717) is 6.54 Å². The van der Waals surface area contributed by atoms with Crippen molar-refractivity contribution in [3.05, 3.63) is 35.4 Å². The minimum Gasteiger partial charge on any atom is -0.379 e. The standard InChI is InChI=1S/C17H27N3O2/c1-2-4-16(18)17(21)19-12-14-5-3-6-15(11-14)13-20-7-9-22-10-8-20/h3,5-6,11,16H,2,4,7-10,12-13,18H2,1H3,(H,19,21). The van der Waals surface area contributed by atoms with Gasteiger partial charge < -0.3 is 15.8 Å². The molecule has 0 saturated carbocycles. The van der Waals surface area contributed by atoms with Crippen LogP contribution in [0.5, 0.6) is 0 Å². The second-order valence-electron chi connectivity index (χ2n) is 5.82. The molecular weight excluding hydrogens is 278 g/mol. The van der Waals surface area contributed by atoms with Crippen LogP contribution in [0.25, 0.3) is 0 Å². The van der Waals surface area contributed by atoms with Crippen LogP contribution in [0.2, 0.25) is 0 Å². The van der Waals surface area contributed by atoms with Gasteiger partial charge >= 0.3 is 0 Å². The Morgan fingerprint density at radius 2 is 2.09 bits per heavy atom. The number of rotatable bonds is 7. The predicted octanol–water partition coefficient (Wildman–Crippen LogP) is 1.26. The van der Waals surface area contributed by atoms with E-state index in [1.165, 1.54) is 5.56 Å². The largest absolute Gasteiger partial charge is 0.379 e. The van der Waals surface area contributed by atoms with Crippen molar-refractivity contribution in [1.82, 2.24) is 10.2 Å². The van der Waals surface area contributed by atoms with Crippen LogP contribution in [-0.4, -0.2) is 43.2 Å². The average molecular weight is 305 g/mol. The number of morpholine rings is 1. The third kappa shape index (κ3) is 5.40. The number of nitrogens with zero attached hydrogens (tertiary/aromatic N) is 1. The number of amides is 1. The second kappa shape index (κ2) is 8.88. The zero-order chi connectivity index (χ0) is 15.8. The average Bonchev–Trinajstić information content (AvgIpc) is 2.54. The summed E-state index contributed by atoms with van der Waals surface area (Å²) in [6, 6.07) is 7.96. The maximum atomic E-state index is 11.8. The first-order chi connectivity index (χ1) is 10.7. The van der Waals surface area contributed by atoms with Crippen LogP contribution in [-0.2, 0) is 22.6 Å². The van der Waals surface area contributed by atoms with Gasteiger partial charge in [0.2, 0.25) is 5.91 Å². The van der Waals surface area contributed by atoms with Crippen LogP contribution in [0, 0.1) is 0 Å². The first kappa shape index (κ1) is 16.9. The van der Waals surface area contributed by atoms with E-state index in [9.17, 15) is 4.79 Å². The Hall–Kier alpha value is -1.43. The summed E-state index contributed by atoms with van der Waals surface area (Å²) < 4.78 is 5.37. The minimum absolute atomic E-state index is 0.0690. The van der Waals surface area contributed by atoms with Crippen molar-refractivity contribution in [2.45, 2.75) is 38.9 Å². The highest BCUT2D eigenvalue weighted by Gasteiger charge is 2.12. The monoisotopic (exact) mass is 305 g/mol. The molecule has 1 amide bonds. The number of benzene rings is 1. The lowest BCUT2D eigenvalue weighted by molar-refractivity contribution is -0.122. The number of carbonyl (C=O) groups is 1. The van der Waals surface area contributed by atoms with Crippen LogP contribution >= 0.6 is 0 Å². The van der Waals surface area contributed by atoms with Crippen LogP contribution in [0.4, 0.5) is 0 Å². The van der Waals surface area contributed by atoms with Gasteiger partial charge in [0.25, 0.3) is 0 Å². The van der Waals surface area contributed by atoms with E-state index in [1.54, 1.807) is 0 Å². The van der Waals surface area contributed by atoms with Gasteiger partial charge in [0.05, 0.1) is 19.3 Å². The summed E-state index contributed by atoms with van der Waals surface area (Å²) in [7, 11) is 0. The fraction of sp³-hybridized carbons (Fsp3) is 0.588. The molecule has 1 aromatic rings. The molecule has 1 aliphatic rings. The molecule has 1 aromatic carbocycles. The first-order valence-corrected chi connectivity index (χ1v) is 8.10. The second-order valence-corrected chi connectivity index (χ2v) is 5.82. The summed E-state index contributed by atoms with van der Waals surface area (Å²) in [5.74, 6) is -0.0690. The van der Waals surface area contributed by atoms with Crippen molar-refractivity contribution in [2.24, 2.45) is 5.73 Å². The SMILES string of the molecule is CCCC(N)C(=O)NCc1cccc(CN2CCOCC2)c1. The molecule has 5 heteroatoms. The minimum atomic E-state index is -0.401. The molecule has 122 valence electrons. The van der Waals surface area contributed by atoms with Gasteiger partial charge in [-0.15, -0.1) is 0 Å². The molecular formula is C17H27N3O2. The lowest BCUT2D eigenvalue weighted by Gasteiger charge is -2.26. The summed E-state index contributed by atoms with van der Waals surface area (Å²) in [6.45, 7) is 7.08. The van der Waals surface area contributed by atoms with Gasteiger partial charge in [-0.25, -0.2) is 0 Å². The normalized spacial score (nSPS) is 17.2. The number of carbonyl (C=O) groups excluding carboxylic acids is 1. The van der Waals surface area contributed by atoms with Gasteiger partial charge in [0.15, 0.2) is 0 Å². The molecule has 1 unspecified atom stereocenters. The Labute approximate surface area is 132 Å². The summed E-state index contributed by atoms with van der Waals surface area (Å²) in [5, 5.41) is 2.92. The molecule has 5 nitrogen and oxygen atoms in total. The van der Waals surface area contributed by atoms with Crippen LogP contribution in [0.1, 0.15) is 30.9 Å². The van der Waals surface area contributed by atoms with Crippen molar-refractivity contribution in [3.8, 4) is 0 Å². The molecule has 3 N–H and O–H groups in total. The maximum Gasteiger partial charge on any atom is 0.237 e. The molecule has 0 aliphatic carbocycles. The number of ether oxygens (including phenoxy) is 1. The Kier molecular flexibility index (Phi) is 6.83. The van der Waals surface area contributed by atoms with Crippen molar-refractivity contribution in [2.75, 3.05) is 26.3 Å². The zero-order valence-corrected chi connectivity index (χ0v) is 13.4. The molecule has 1 atom stereocenters. The molecule has 0 bridgehead atoms. The molecule has 1 aliphatic heterocycles. The number of nitrogens with two attached hydrogens (primary N) is 1. The molecule has 1 heterocycles. The molecule has 1 fully saturated rings. The fourth-order valence-electron chi connectivity index (χ4n) is 2.62. The highest BCUT2D eigenvalue weighted by atomic mass is 16.5. The van der Waals surface area contributed by atoms with Crippen molar-refractivity contribution >= 4 is 5.91 Å². The number of nitrogens with one attached hydrogen (secondary N) is 1. The van der Waals surface area contributed by atoms with Gasteiger partial charge in [-0.3, -0.25) is 9.69 Å². The van der Waals surface area contributed by atoms with E-state index in [-0.39, 0.29) is 5.91 Å². The van der Waals surface area contributed by atoms with E-state index >= 15 is 0 Å². The van der Waals surface area contributed by atoms with E-state index in [2.05, 4.69) is 22.3 Å². The Morgan fingerprint density at radius 1 is 1.36 bits per heavy atom. The molecule has 0 spiro atoms. The summed E-state index contributed by atoms with van der Waals surface area (Å²) in [5.41, 5.74) is 8.20. The molecule has 22 heavy (non-hydrogen) atoms. The van der Waals surface area contributed by atoms with Gasteiger partial charge in [-0.05, 0) is 17.5 Å². The molecule has 0 radical (unpaired) electrons. The molecule has 2 rings (SSSR count). The van der Waals surface area contributed by atoms with Gasteiger partial charge in [0.1, 0.15) is 0 Å². The predicted molar refractivity (Wildman–Crippen MR) is 87.3 cm³/mol. The lowest BCUT2D eigenvalue weighted by atomic mass is 10.1. The zero-order valence-electron chi connectivity index (χ0n) is 13.4. The van der Waals surface area contributed by atoms with Crippen molar-refractivity contribution in [3.63, 3.8) is 0 Å². The fourth-order valence-corrected chi connectivity index (χ4v) is 2.62. The summed E-state index contributed by atoms with van der Waals surface area (Å²) in [6.07, 6.45) is 1.65. The van der Waals surface area contributed by atoms with E-state index in [0.717, 1.165) is 51.3 Å². The van der Waals surface area contributed by atoms with Crippen LogP contribution < -0.4 is 11.1 Å². The Bertz CT molecular complexity index is 473. The Morgan fingerprint density at radius 3 is 2.82 bits per heavy atom. The summed E-state index contributed by atoms with van der Waals surface area (Å²) >= 11 is 0. The van der Waals surface area contributed by atoms with E-state index in [4.69, 9.17) is 10.5 Å². The molecule has 0 aromatic heterocycles. The molecule has 1 saturated heterocycles. The third-order valence-corrected chi connectivity index (χ3v) is 3.90. The lowest BCUT2D eigenvalue weighted by Crippen LogP contribution is -2.40. The van der Waals surface area contributed by atoms with Gasteiger partial charge in [-0.1, -0.05) is 37.6 Å². The summed E-state index contributed by atoms with van der Waals surface area (Å²) in [4.78, 5) is 14.2. The highest BCUT2D eigenvalue weighted by molar-refractivity contribution is 5.81. The maximum absolute atomic E-state index is 11.8. The number of hydrogen-bond acceptors (Lipinski definition) is 4. The Balaban J connectivity index is 1.84. The third-order valence-electron chi connectivity index (χ3n) is 3.90. The van der Waals surface area contributed by atoms with Crippen molar-refractivity contribution in [1.29, 1.82) is 0 Å². The number of hydrogen-bond donors (Lipinski definition) is 2. The first-order valence-electron chi connectivity index (χ1n) is 8.10.